The largest absolute Gasteiger partial charge is 0.374 e. The number of aromatic nitrogens is 2. The number of hydrogen-bond acceptors (Lipinski definition) is 6. The number of nitrogen functional groups attached to an aromatic ring is 1. The molecule has 0 atom stereocenters. The third-order valence-corrected chi connectivity index (χ3v) is 3.98. The maximum atomic E-state index is 11.9. The Morgan fingerprint density at radius 1 is 1.20 bits per heavy atom. The number of benzene rings is 1. The Balaban J connectivity index is 1.67. The molecule has 0 spiro atoms. The summed E-state index contributed by atoms with van der Waals surface area (Å²) in [6.45, 7) is 2.21. The molecular formula is C13H15N5OS. The lowest BCUT2D eigenvalue weighted by atomic mass is 10.2. The van der Waals surface area contributed by atoms with E-state index in [0.29, 0.717) is 5.13 Å². The van der Waals surface area contributed by atoms with Gasteiger partial charge in [-0.25, -0.2) is 0 Å². The van der Waals surface area contributed by atoms with Gasteiger partial charge in [-0.15, -0.1) is 10.2 Å². The molecule has 2 heterocycles. The van der Waals surface area contributed by atoms with Crippen LogP contribution in [0.15, 0.2) is 24.3 Å². The molecular weight excluding hydrogens is 274 g/mol. The Kier molecular flexibility index (Phi) is 3.51. The van der Waals surface area contributed by atoms with Gasteiger partial charge in [0, 0.05) is 24.5 Å². The van der Waals surface area contributed by atoms with Crippen molar-refractivity contribution in [3.63, 3.8) is 0 Å². The predicted molar refractivity (Wildman–Crippen MR) is 80.2 cm³/mol. The summed E-state index contributed by atoms with van der Waals surface area (Å²) in [6, 6.07) is 7.84. The first kappa shape index (κ1) is 12.9. The highest BCUT2D eigenvalue weighted by Crippen LogP contribution is 2.22. The van der Waals surface area contributed by atoms with Crippen LogP contribution in [0, 0.1) is 0 Å². The highest BCUT2D eigenvalue weighted by Gasteiger charge is 2.14. The van der Waals surface area contributed by atoms with Gasteiger partial charge in [0.1, 0.15) is 0 Å². The van der Waals surface area contributed by atoms with Crippen molar-refractivity contribution in [2.75, 3.05) is 29.0 Å². The first-order valence-electron chi connectivity index (χ1n) is 6.48. The van der Waals surface area contributed by atoms with Gasteiger partial charge < -0.3 is 16.0 Å². The zero-order valence-electron chi connectivity index (χ0n) is 10.9. The standard InChI is InChI=1S/C13H15N5OS/c14-13-17-16-12(20-13)11(19)15-9-3-5-10(6-4-9)18-7-1-2-8-18/h3-6H,1-2,7-8H2,(H2,14,17)(H,15,19). The fourth-order valence-corrected chi connectivity index (χ4v) is 2.75. The lowest BCUT2D eigenvalue weighted by Crippen LogP contribution is -2.17. The molecule has 1 aromatic carbocycles. The van der Waals surface area contributed by atoms with E-state index in [4.69, 9.17) is 5.73 Å². The molecule has 1 amide bonds. The molecule has 0 saturated carbocycles. The van der Waals surface area contributed by atoms with Gasteiger partial charge in [0.25, 0.3) is 5.91 Å². The number of nitrogens with zero attached hydrogens (tertiary/aromatic N) is 3. The summed E-state index contributed by atoms with van der Waals surface area (Å²) < 4.78 is 0. The number of rotatable bonds is 3. The molecule has 0 bridgehead atoms. The van der Waals surface area contributed by atoms with Crippen molar-refractivity contribution in [3.8, 4) is 0 Å². The summed E-state index contributed by atoms with van der Waals surface area (Å²) in [4.78, 5) is 14.2. The van der Waals surface area contributed by atoms with Crippen LogP contribution in [0.25, 0.3) is 0 Å². The van der Waals surface area contributed by atoms with E-state index in [1.807, 2.05) is 24.3 Å². The average molecular weight is 289 g/mol. The van der Waals surface area contributed by atoms with E-state index >= 15 is 0 Å². The number of anilines is 3. The second-order valence-electron chi connectivity index (χ2n) is 4.64. The molecule has 0 radical (unpaired) electrons. The molecule has 1 aromatic heterocycles. The lowest BCUT2D eigenvalue weighted by molar-refractivity contribution is 0.102. The van der Waals surface area contributed by atoms with E-state index in [0.717, 1.165) is 30.1 Å². The summed E-state index contributed by atoms with van der Waals surface area (Å²) in [7, 11) is 0. The Morgan fingerprint density at radius 3 is 2.50 bits per heavy atom. The minimum Gasteiger partial charge on any atom is -0.374 e. The fraction of sp³-hybridized carbons (Fsp3) is 0.308. The van der Waals surface area contributed by atoms with Crippen LogP contribution in [-0.4, -0.2) is 29.2 Å². The molecule has 0 aliphatic carbocycles. The van der Waals surface area contributed by atoms with Crippen LogP contribution in [0.2, 0.25) is 0 Å². The van der Waals surface area contributed by atoms with Crippen LogP contribution in [0.1, 0.15) is 22.6 Å². The van der Waals surface area contributed by atoms with Gasteiger partial charge in [-0.1, -0.05) is 11.3 Å². The predicted octanol–water partition coefficient (Wildman–Crippen LogP) is 1.97. The van der Waals surface area contributed by atoms with Gasteiger partial charge in [0.15, 0.2) is 0 Å². The third-order valence-electron chi connectivity index (χ3n) is 3.23. The quantitative estimate of drug-likeness (QED) is 0.902. The van der Waals surface area contributed by atoms with E-state index in [9.17, 15) is 4.79 Å². The molecule has 6 nitrogen and oxygen atoms in total. The Hall–Kier alpha value is -2.15. The van der Waals surface area contributed by atoms with Crippen molar-refractivity contribution in [2.24, 2.45) is 0 Å². The summed E-state index contributed by atoms with van der Waals surface area (Å²) in [5, 5.41) is 10.7. The first-order valence-corrected chi connectivity index (χ1v) is 7.29. The number of nitrogens with two attached hydrogens (primary N) is 1. The van der Waals surface area contributed by atoms with Crippen LogP contribution >= 0.6 is 11.3 Å². The van der Waals surface area contributed by atoms with E-state index in [1.165, 1.54) is 18.5 Å². The molecule has 1 aliphatic rings. The monoisotopic (exact) mass is 289 g/mol. The Bertz CT molecular complexity index is 603. The molecule has 1 fully saturated rings. The van der Waals surface area contributed by atoms with Gasteiger partial charge >= 0.3 is 0 Å². The van der Waals surface area contributed by atoms with E-state index in [1.54, 1.807) is 0 Å². The summed E-state index contributed by atoms with van der Waals surface area (Å²) in [5.74, 6) is -0.284. The van der Waals surface area contributed by atoms with Crippen LogP contribution in [-0.2, 0) is 0 Å². The summed E-state index contributed by atoms with van der Waals surface area (Å²) in [5.41, 5.74) is 7.40. The maximum Gasteiger partial charge on any atom is 0.286 e. The maximum absolute atomic E-state index is 11.9. The SMILES string of the molecule is Nc1nnc(C(=O)Nc2ccc(N3CCCC3)cc2)s1. The molecule has 20 heavy (non-hydrogen) atoms. The Morgan fingerprint density at radius 2 is 1.90 bits per heavy atom. The van der Waals surface area contributed by atoms with E-state index in [2.05, 4.69) is 20.4 Å². The fourth-order valence-electron chi connectivity index (χ4n) is 2.24. The van der Waals surface area contributed by atoms with Crippen molar-refractivity contribution in [2.45, 2.75) is 12.8 Å². The van der Waals surface area contributed by atoms with Crippen molar-refractivity contribution in [1.29, 1.82) is 0 Å². The number of amides is 1. The Labute approximate surface area is 120 Å². The second kappa shape index (κ2) is 5.46. The van der Waals surface area contributed by atoms with Gasteiger partial charge in [0.05, 0.1) is 0 Å². The minimum absolute atomic E-state index is 0.270. The van der Waals surface area contributed by atoms with Gasteiger partial charge in [-0.2, -0.15) is 0 Å². The molecule has 2 aromatic rings. The number of hydrogen-bond donors (Lipinski definition) is 2. The molecule has 3 N–H and O–H groups in total. The third kappa shape index (κ3) is 2.72. The van der Waals surface area contributed by atoms with Crippen LogP contribution < -0.4 is 16.0 Å². The molecule has 7 heteroatoms. The van der Waals surface area contributed by atoms with E-state index in [-0.39, 0.29) is 10.9 Å². The van der Waals surface area contributed by atoms with Crippen LogP contribution in [0.3, 0.4) is 0 Å². The molecule has 104 valence electrons. The molecule has 3 rings (SSSR count). The lowest BCUT2D eigenvalue weighted by Gasteiger charge is -2.17. The van der Waals surface area contributed by atoms with Crippen molar-refractivity contribution in [3.05, 3.63) is 29.3 Å². The van der Waals surface area contributed by atoms with Crippen LogP contribution in [0.4, 0.5) is 16.5 Å². The number of carbonyl (C=O) groups is 1. The van der Waals surface area contributed by atoms with Crippen molar-refractivity contribution in [1.82, 2.24) is 10.2 Å². The second-order valence-corrected chi connectivity index (χ2v) is 5.65. The van der Waals surface area contributed by atoms with Gasteiger partial charge in [-0.3, -0.25) is 4.79 Å². The average Bonchev–Trinajstić information content (AvgIpc) is 3.10. The number of carbonyl (C=O) groups excluding carboxylic acids is 1. The molecule has 0 unspecified atom stereocenters. The normalized spacial score (nSPS) is 14.5. The highest BCUT2D eigenvalue weighted by atomic mass is 32.1. The van der Waals surface area contributed by atoms with E-state index < -0.39 is 0 Å². The zero-order chi connectivity index (χ0) is 13.9. The smallest absolute Gasteiger partial charge is 0.286 e. The van der Waals surface area contributed by atoms with Crippen LogP contribution in [0.5, 0.6) is 0 Å². The van der Waals surface area contributed by atoms with Gasteiger partial charge in [-0.05, 0) is 37.1 Å². The van der Waals surface area contributed by atoms with Crippen molar-refractivity contribution >= 4 is 33.8 Å². The number of nitrogens with one attached hydrogen (secondary N) is 1. The summed E-state index contributed by atoms with van der Waals surface area (Å²) >= 11 is 1.07. The molecule has 1 aliphatic heterocycles. The summed E-state index contributed by atoms with van der Waals surface area (Å²) in [6.07, 6.45) is 2.49. The topological polar surface area (TPSA) is 84.1 Å². The minimum atomic E-state index is -0.284. The highest BCUT2D eigenvalue weighted by molar-refractivity contribution is 7.16. The van der Waals surface area contributed by atoms with Crippen molar-refractivity contribution < 1.29 is 4.79 Å². The van der Waals surface area contributed by atoms with Gasteiger partial charge in [0.2, 0.25) is 10.1 Å². The zero-order valence-corrected chi connectivity index (χ0v) is 11.7. The first-order chi connectivity index (χ1) is 9.72. The molecule has 1 saturated heterocycles.